The highest BCUT2D eigenvalue weighted by Gasteiger charge is 2.30. The predicted molar refractivity (Wildman–Crippen MR) is 54.4 cm³/mol. The molecule has 0 saturated heterocycles. The molecule has 0 radical (unpaired) electrons. The fourth-order valence-corrected chi connectivity index (χ4v) is 2.99. The SMILES string of the molecule is Bc1c(C)sc2c1CC(C)C2=O. The van der Waals surface area contributed by atoms with E-state index in [0.717, 1.165) is 11.3 Å². The van der Waals surface area contributed by atoms with Gasteiger partial charge in [0.2, 0.25) is 0 Å². The summed E-state index contributed by atoms with van der Waals surface area (Å²) >= 11 is 1.67. The van der Waals surface area contributed by atoms with Gasteiger partial charge in [-0.15, -0.1) is 11.3 Å². The Morgan fingerprint density at radius 2 is 2.25 bits per heavy atom. The van der Waals surface area contributed by atoms with Crippen LogP contribution < -0.4 is 5.46 Å². The average Bonchev–Trinajstić information content (AvgIpc) is 2.43. The summed E-state index contributed by atoms with van der Waals surface area (Å²) in [4.78, 5) is 13.9. The van der Waals surface area contributed by atoms with Crippen LogP contribution in [0.1, 0.15) is 27.0 Å². The van der Waals surface area contributed by atoms with Crippen LogP contribution in [0.3, 0.4) is 0 Å². The smallest absolute Gasteiger partial charge is 0.176 e. The van der Waals surface area contributed by atoms with Crippen LogP contribution in [0, 0.1) is 12.8 Å². The summed E-state index contributed by atoms with van der Waals surface area (Å²) in [6.45, 7) is 4.11. The van der Waals surface area contributed by atoms with Crippen molar-refractivity contribution in [1.29, 1.82) is 0 Å². The van der Waals surface area contributed by atoms with Gasteiger partial charge in [-0.05, 0) is 23.8 Å². The standard InChI is InChI=1S/C9H11BOS/c1-4-3-6-7(10)5(2)12-9(6)8(4)11/h4H,3,10H2,1-2H3. The van der Waals surface area contributed by atoms with Crippen LogP contribution in [0.15, 0.2) is 0 Å². The average molecular weight is 178 g/mol. The third kappa shape index (κ3) is 0.892. The molecule has 1 heterocycles. The van der Waals surface area contributed by atoms with Crippen molar-refractivity contribution < 1.29 is 4.79 Å². The predicted octanol–water partition coefficient (Wildman–Crippen LogP) is 0.690. The van der Waals surface area contributed by atoms with Crippen molar-refractivity contribution in [3.63, 3.8) is 0 Å². The number of Topliss-reactive ketones (excluding diaryl/α,β-unsaturated/α-hetero) is 1. The lowest BCUT2D eigenvalue weighted by Crippen LogP contribution is -2.09. The molecule has 1 aliphatic carbocycles. The van der Waals surface area contributed by atoms with Gasteiger partial charge in [0.25, 0.3) is 0 Å². The van der Waals surface area contributed by atoms with Gasteiger partial charge in [-0.2, -0.15) is 0 Å². The summed E-state index contributed by atoms with van der Waals surface area (Å²) in [5.41, 5.74) is 2.66. The first kappa shape index (κ1) is 8.05. The number of thiophene rings is 1. The van der Waals surface area contributed by atoms with Gasteiger partial charge in [0.1, 0.15) is 7.85 Å². The van der Waals surface area contributed by atoms with Crippen LogP contribution in [0.5, 0.6) is 0 Å². The van der Waals surface area contributed by atoms with Crippen LogP contribution in [-0.4, -0.2) is 13.6 Å². The molecule has 62 valence electrons. The van der Waals surface area contributed by atoms with E-state index in [4.69, 9.17) is 0 Å². The molecule has 0 N–H and O–H groups in total. The van der Waals surface area contributed by atoms with Gasteiger partial charge in [0.15, 0.2) is 5.78 Å². The number of fused-ring (bicyclic) bond motifs is 1. The third-order valence-electron chi connectivity index (χ3n) is 2.69. The highest BCUT2D eigenvalue weighted by atomic mass is 32.1. The normalized spacial score (nSPS) is 21.5. The lowest BCUT2D eigenvalue weighted by atomic mass is 9.91. The molecule has 0 saturated carbocycles. The lowest BCUT2D eigenvalue weighted by Gasteiger charge is -1.98. The molecular weight excluding hydrogens is 167 g/mol. The quantitative estimate of drug-likeness (QED) is 0.534. The van der Waals surface area contributed by atoms with Gasteiger partial charge in [-0.25, -0.2) is 0 Å². The largest absolute Gasteiger partial charge is 0.293 e. The molecule has 0 spiro atoms. The Balaban J connectivity index is 2.59. The van der Waals surface area contributed by atoms with E-state index in [2.05, 4.69) is 14.8 Å². The van der Waals surface area contributed by atoms with Crippen LogP contribution in [0.25, 0.3) is 0 Å². The lowest BCUT2D eigenvalue weighted by molar-refractivity contribution is 0.0949. The number of hydrogen-bond donors (Lipinski definition) is 0. The zero-order valence-corrected chi connectivity index (χ0v) is 8.42. The number of rotatable bonds is 0. The summed E-state index contributed by atoms with van der Waals surface area (Å²) in [6.07, 6.45) is 0.963. The summed E-state index contributed by atoms with van der Waals surface area (Å²) in [5.74, 6) is 0.580. The molecule has 1 aromatic heterocycles. The van der Waals surface area contributed by atoms with E-state index in [1.807, 2.05) is 6.92 Å². The maximum absolute atomic E-state index is 11.6. The van der Waals surface area contributed by atoms with E-state index in [1.165, 1.54) is 15.9 Å². The van der Waals surface area contributed by atoms with E-state index < -0.39 is 0 Å². The van der Waals surface area contributed by atoms with Gasteiger partial charge >= 0.3 is 0 Å². The molecule has 3 heteroatoms. The minimum atomic E-state index is 0.227. The minimum Gasteiger partial charge on any atom is -0.293 e. The van der Waals surface area contributed by atoms with Crippen molar-refractivity contribution >= 4 is 30.4 Å². The maximum Gasteiger partial charge on any atom is 0.176 e. The molecule has 0 aromatic carbocycles. The van der Waals surface area contributed by atoms with E-state index in [1.54, 1.807) is 11.3 Å². The van der Waals surface area contributed by atoms with E-state index >= 15 is 0 Å². The molecule has 1 unspecified atom stereocenters. The van der Waals surface area contributed by atoms with Crippen molar-refractivity contribution in [3.8, 4) is 0 Å². The fourth-order valence-electron chi connectivity index (χ4n) is 1.74. The Bertz CT molecular complexity index is 354. The number of hydrogen-bond acceptors (Lipinski definition) is 2. The topological polar surface area (TPSA) is 17.1 Å². The van der Waals surface area contributed by atoms with Crippen LogP contribution in [0.2, 0.25) is 0 Å². The minimum absolute atomic E-state index is 0.227. The maximum atomic E-state index is 11.6. The van der Waals surface area contributed by atoms with Crippen molar-refractivity contribution in [2.24, 2.45) is 5.92 Å². The molecule has 0 fully saturated rings. The molecule has 0 bridgehead atoms. The van der Waals surface area contributed by atoms with Crippen LogP contribution in [0.4, 0.5) is 0 Å². The second-order valence-corrected chi connectivity index (χ2v) is 4.79. The van der Waals surface area contributed by atoms with E-state index in [0.29, 0.717) is 5.78 Å². The molecule has 0 amide bonds. The highest BCUT2D eigenvalue weighted by Crippen LogP contribution is 2.31. The van der Waals surface area contributed by atoms with Crippen molar-refractivity contribution in [3.05, 3.63) is 15.3 Å². The molecule has 1 atom stereocenters. The Morgan fingerprint density at radius 1 is 1.58 bits per heavy atom. The van der Waals surface area contributed by atoms with E-state index in [9.17, 15) is 4.79 Å². The second kappa shape index (κ2) is 2.46. The van der Waals surface area contributed by atoms with Crippen molar-refractivity contribution in [1.82, 2.24) is 0 Å². The third-order valence-corrected chi connectivity index (χ3v) is 3.96. The Hall–Kier alpha value is -0.565. The highest BCUT2D eigenvalue weighted by molar-refractivity contribution is 7.15. The summed E-state index contributed by atoms with van der Waals surface area (Å²) in [6, 6.07) is 0. The van der Waals surface area contributed by atoms with Gasteiger partial charge in [-0.1, -0.05) is 12.4 Å². The second-order valence-electron chi connectivity index (χ2n) is 3.56. The summed E-state index contributed by atoms with van der Waals surface area (Å²) < 4.78 is 0. The van der Waals surface area contributed by atoms with Gasteiger partial charge < -0.3 is 0 Å². The fraction of sp³-hybridized carbons (Fsp3) is 0.444. The molecule has 1 aliphatic rings. The first-order valence-corrected chi connectivity index (χ1v) is 5.06. The molecule has 2 rings (SSSR count). The van der Waals surface area contributed by atoms with Crippen molar-refractivity contribution in [2.45, 2.75) is 20.3 Å². The van der Waals surface area contributed by atoms with Gasteiger partial charge in [0.05, 0.1) is 4.88 Å². The summed E-state index contributed by atoms with van der Waals surface area (Å²) in [7, 11) is 2.12. The van der Waals surface area contributed by atoms with Crippen molar-refractivity contribution in [2.75, 3.05) is 0 Å². The first-order valence-electron chi connectivity index (χ1n) is 4.24. The van der Waals surface area contributed by atoms with Gasteiger partial charge in [0, 0.05) is 5.92 Å². The number of carbonyl (C=O) groups is 1. The molecular formula is C9H11BOS. The Kier molecular flexibility index (Phi) is 1.65. The monoisotopic (exact) mass is 178 g/mol. The van der Waals surface area contributed by atoms with E-state index in [-0.39, 0.29) is 5.92 Å². The number of carbonyl (C=O) groups excluding carboxylic acids is 1. The van der Waals surface area contributed by atoms with Gasteiger partial charge in [-0.3, -0.25) is 4.79 Å². The first-order chi connectivity index (χ1) is 5.61. The van der Waals surface area contributed by atoms with Crippen LogP contribution in [-0.2, 0) is 6.42 Å². The zero-order chi connectivity index (χ0) is 8.88. The molecule has 1 aromatic rings. The Morgan fingerprint density at radius 3 is 2.83 bits per heavy atom. The molecule has 1 nitrogen and oxygen atoms in total. The number of aryl methyl sites for hydroxylation is 1. The summed E-state index contributed by atoms with van der Waals surface area (Å²) in [5, 5.41) is 0. The molecule has 12 heavy (non-hydrogen) atoms. The zero-order valence-electron chi connectivity index (χ0n) is 7.60. The molecule has 0 aliphatic heterocycles. The number of ketones is 1. The Labute approximate surface area is 77.2 Å². The van der Waals surface area contributed by atoms with Crippen LogP contribution >= 0.6 is 11.3 Å².